The quantitative estimate of drug-likeness (QED) is 0.637. The lowest BCUT2D eigenvalue weighted by atomic mass is 10.1. The van der Waals surface area contributed by atoms with Gasteiger partial charge in [-0.25, -0.2) is 0 Å². The number of nitrogen functional groups attached to an aromatic ring is 1. The number of halogens is 3. The van der Waals surface area contributed by atoms with Crippen LogP contribution in [0.4, 0.5) is 30.8 Å². The Morgan fingerprint density at radius 1 is 1.07 bits per heavy atom. The zero-order valence-electron chi connectivity index (χ0n) is 13.5. The van der Waals surface area contributed by atoms with Gasteiger partial charge in [0.05, 0.1) is 0 Å². The van der Waals surface area contributed by atoms with Crippen LogP contribution in [-0.2, 0) is 6.18 Å². The molecule has 0 unspecified atom stereocenters. The number of carbonyl (C=O) groups excluding carboxylic acids is 1. The van der Waals surface area contributed by atoms with Crippen molar-refractivity contribution in [3.63, 3.8) is 0 Å². The summed E-state index contributed by atoms with van der Waals surface area (Å²) >= 11 is 0. The molecule has 0 aliphatic heterocycles. The summed E-state index contributed by atoms with van der Waals surface area (Å²) in [5.74, 6) is -0.731. The highest BCUT2D eigenvalue weighted by Crippen LogP contribution is 2.29. The fourth-order valence-corrected chi connectivity index (χ4v) is 2.18. The number of rotatable bonds is 4. The van der Waals surface area contributed by atoms with Crippen molar-refractivity contribution in [2.24, 2.45) is 5.73 Å². The molecule has 0 saturated heterocycles. The Labute approximate surface area is 150 Å². The number of nitrogens with one attached hydrogen (secondary N) is 1. The van der Waals surface area contributed by atoms with Gasteiger partial charge in [0.1, 0.15) is 5.69 Å². The molecule has 0 radical (unpaired) electrons. The lowest BCUT2D eigenvalue weighted by molar-refractivity contribution is -0.141. The number of nitrogens with zero attached hydrogens (tertiary/aromatic N) is 4. The molecule has 27 heavy (non-hydrogen) atoms. The molecule has 3 aromatic rings. The summed E-state index contributed by atoms with van der Waals surface area (Å²) in [6, 6.07) is 8.33. The molecule has 1 aromatic carbocycles. The van der Waals surface area contributed by atoms with Crippen LogP contribution in [0, 0.1) is 0 Å². The van der Waals surface area contributed by atoms with Crippen LogP contribution in [0.2, 0.25) is 0 Å². The van der Waals surface area contributed by atoms with Gasteiger partial charge in [0.15, 0.2) is 5.82 Å². The molecule has 0 atom stereocenters. The third-order valence-electron chi connectivity index (χ3n) is 3.36. The molecule has 11 heteroatoms. The summed E-state index contributed by atoms with van der Waals surface area (Å²) < 4.78 is 38.3. The minimum atomic E-state index is -4.59. The molecule has 3 rings (SSSR count). The Hall–Kier alpha value is -3.76. The molecular weight excluding hydrogens is 363 g/mol. The van der Waals surface area contributed by atoms with E-state index in [0.717, 1.165) is 12.3 Å². The van der Waals surface area contributed by atoms with Crippen LogP contribution in [0.15, 0.2) is 42.6 Å². The third kappa shape index (κ3) is 4.26. The molecule has 0 fully saturated rings. The van der Waals surface area contributed by atoms with Gasteiger partial charge >= 0.3 is 6.18 Å². The molecule has 0 spiro atoms. The van der Waals surface area contributed by atoms with E-state index in [0.29, 0.717) is 5.56 Å². The summed E-state index contributed by atoms with van der Waals surface area (Å²) in [7, 11) is 0. The first-order valence-corrected chi connectivity index (χ1v) is 7.44. The maximum Gasteiger partial charge on any atom is 0.433 e. The molecule has 0 bridgehead atoms. The number of hydrogen-bond acceptors (Lipinski definition) is 7. The SMILES string of the molecule is NC(=O)c1cccc(-c2nc(N)nc(Nc3ccnc(C(F)(F)F)c3)n2)c1. The third-order valence-corrected chi connectivity index (χ3v) is 3.36. The van der Waals surface area contributed by atoms with Crippen LogP contribution in [0.3, 0.4) is 0 Å². The van der Waals surface area contributed by atoms with Crippen molar-refractivity contribution < 1.29 is 18.0 Å². The van der Waals surface area contributed by atoms with Crippen molar-refractivity contribution in [1.82, 2.24) is 19.9 Å². The van der Waals surface area contributed by atoms with E-state index in [1.807, 2.05) is 0 Å². The first kappa shape index (κ1) is 18.0. The molecule has 0 saturated carbocycles. The lowest BCUT2D eigenvalue weighted by Crippen LogP contribution is -2.11. The number of hydrogen-bond donors (Lipinski definition) is 3. The summed E-state index contributed by atoms with van der Waals surface area (Å²) in [4.78, 5) is 26.5. The number of pyridine rings is 1. The number of nitrogens with two attached hydrogens (primary N) is 2. The molecule has 8 nitrogen and oxygen atoms in total. The largest absolute Gasteiger partial charge is 0.433 e. The number of anilines is 3. The number of aromatic nitrogens is 4. The van der Waals surface area contributed by atoms with Crippen LogP contribution in [0.1, 0.15) is 16.1 Å². The molecule has 0 aliphatic rings. The Kier molecular flexibility index (Phi) is 4.59. The van der Waals surface area contributed by atoms with E-state index < -0.39 is 17.8 Å². The van der Waals surface area contributed by atoms with Crippen LogP contribution in [0.5, 0.6) is 0 Å². The fourth-order valence-electron chi connectivity index (χ4n) is 2.18. The van der Waals surface area contributed by atoms with Gasteiger partial charge in [-0.2, -0.15) is 28.1 Å². The Bertz CT molecular complexity index is 1010. The minimum Gasteiger partial charge on any atom is -0.368 e. The summed E-state index contributed by atoms with van der Waals surface area (Å²) in [5, 5.41) is 2.63. The van der Waals surface area contributed by atoms with Gasteiger partial charge in [-0.3, -0.25) is 9.78 Å². The maximum absolute atomic E-state index is 12.8. The zero-order valence-corrected chi connectivity index (χ0v) is 13.5. The van der Waals surface area contributed by atoms with Crippen LogP contribution in [-0.4, -0.2) is 25.8 Å². The van der Waals surface area contributed by atoms with Gasteiger partial charge in [-0.15, -0.1) is 0 Å². The van der Waals surface area contributed by atoms with E-state index in [9.17, 15) is 18.0 Å². The Morgan fingerprint density at radius 2 is 1.85 bits per heavy atom. The Morgan fingerprint density at radius 3 is 2.56 bits per heavy atom. The summed E-state index contributed by atoms with van der Waals surface area (Å²) in [6.45, 7) is 0. The highest BCUT2D eigenvalue weighted by atomic mass is 19.4. The predicted molar refractivity (Wildman–Crippen MR) is 90.7 cm³/mol. The van der Waals surface area contributed by atoms with Crippen molar-refractivity contribution in [2.75, 3.05) is 11.1 Å². The summed E-state index contributed by atoms with van der Waals surface area (Å²) in [5.41, 5.74) is 10.6. The number of amides is 1. The van der Waals surface area contributed by atoms with Gasteiger partial charge < -0.3 is 16.8 Å². The van der Waals surface area contributed by atoms with E-state index in [1.165, 1.54) is 18.2 Å². The zero-order chi connectivity index (χ0) is 19.6. The van der Waals surface area contributed by atoms with Crippen LogP contribution >= 0.6 is 0 Å². The van der Waals surface area contributed by atoms with Crippen molar-refractivity contribution in [1.29, 1.82) is 0 Å². The lowest BCUT2D eigenvalue weighted by Gasteiger charge is -2.10. The average Bonchev–Trinajstić information content (AvgIpc) is 2.61. The van der Waals surface area contributed by atoms with Crippen molar-refractivity contribution in [3.8, 4) is 11.4 Å². The summed E-state index contributed by atoms with van der Waals surface area (Å²) in [6.07, 6.45) is -3.58. The van der Waals surface area contributed by atoms with Gasteiger partial charge in [-0.1, -0.05) is 12.1 Å². The molecule has 138 valence electrons. The second-order valence-corrected chi connectivity index (χ2v) is 5.34. The highest BCUT2D eigenvalue weighted by Gasteiger charge is 2.32. The van der Waals surface area contributed by atoms with Gasteiger partial charge in [0.25, 0.3) is 0 Å². The molecule has 2 heterocycles. The number of carbonyl (C=O) groups is 1. The molecular formula is C16H12F3N7O. The van der Waals surface area contributed by atoms with E-state index >= 15 is 0 Å². The average molecular weight is 375 g/mol. The number of primary amides is 1. The topological polar surface area (TPSA) is 133 Å². The van der Waals surface area contributed by atoms with Crippen molar-refractivity contribution in [2.45, 2.75) is 6.18 Å². The van der Waals surface area contributed by atoms with E-state index in [2.05, 4.69) is 25.3 Å². The highest BCUT2D eigenvalue weighted by molar-refractivity contribution is 5.93. The van der Waals surface area contributed by atoms with Crippen LogP contribution < -0.4 is 16.8 Å². The fraction of sp³-hybridized carbons (Fsp3) is 0.0625. The number of benzene rings is 1. The minimum absolute atomic E-state index is 0.0682. The smallest absolute Gasteiger partial charge is 0.368 e. The normalized spacial score (nSPS) is 11.2. The first-order valence-electron chi connectivity index (χ1n) is 7.44. The van der Waals surface area contributed by atoms with Crippen molar-refractivity contribution >= 4 is 23.5 Å². The maximum atomic E-state index is 12.8. The molecule has 1 amide bonds. The van der Waals surface area contributed by atoms with E-state index in [-0.39, 0.29) is 29.0 Å². The van der Waals surface area contributed by atoms with Crippen LogP contribution in [0.25, 0.3) is 11.4 Å². The van der Waals surface area contributed by atoms with E-state index in [1.54, 1.807) is 12.1 Å². The molecule has 2 aromatic heterocycles. The first-order chi connectivity index (χ1) is 12.7. The van der Waals surface area contributed by atoms with Gasteiger partial charge in [-0.05, 0) is 24.3 Å². The molecule has 5 N–H and O–H groups in total. The number of alkyl halides is 3. The van der Waals surface area contributed by atoms with Gasteiger partial charge in [0, 0.05) is 23.0 Å². The Balaban J connectivity index is 1.95. The monoisotopic (exact) mass is 375 g/mol. The molecule has 0 aliphatic carbocycles. The predicted octanol–water partition coefficient (Wildman–Crippen LogP) is 2.38. The standard InChI is InChI=1S/C16H12F3N7O/c17-16(18,19)11-7-10(4-5-22-11)23-15-25-13(24-14(21)26-15)9-3-1-2-8(6-9)12(20)27/h1-7H,(H2,20,27)(H3,21,22,23,24,25,26). The second-order valence-electron chi connectivity index (χ2n) is 5.34. The van der Waals surface area contributed by atoms with Crippen molar-refractivity contribution in [3.05, 3.63) is 53.9 Å². The second kappa shape index (κ2) is 6.86. The van der Waals surface area contributed by atoms with Gasteiger partial charge in [0.2, 0.25) is 17.8 Å². The van der Waals surface area contributed by atoms with E-state index in [4.69, 9.17) is 11.5 Å².